The van der Waals surface area contributed by atoms with E-state index in [-0.39, 0.29) is 5.91 Å². The van der Waals surface area contributed by atoms with Crippen LogP contribution >= 0.6 is 22.9 Å². The molecule has 1 aliphatic heterocycles. The Kier molecular flexibility index (Phi) is 5.43. The Morgan fingerprint density at radius 2 is 2.17 bits per heavy atom. The Bertz CT molecular complexity index is 651. The van der Waals surface area contributed by atoms with E-state index in [1.807, 2.05) is 11.6 Å². The SMILES string of the molecule is O=C(CN1CCCN(c2nccs2)CC1)Nc1cccnc1Cl. The number of thiazole rings is 1. The minimum atomic E-state index is -0.0670. The van der Waals surface area contributed by atoms with Crippen molar-refractivity contribution in [3.8, 4) is 0 Å². The number of hydrogen-bond donors (Lipinski definition) is 1. The van der Waals surface area contributed by atoms with Crippen LogP contribution in [0.25, 0.3) is 0 Å². The maximum atomic E-state index is 12.2. The molecule has 0 radical (unpaired) electrons. The molecule has 2 aromatic rings. The Morgan fingerprint density at radius 3 is 2.96 bits per heavy atom. The Balaban J connectivity index is 1.52. The second kappa shape index (κ2) is 7.72. The molecular weight excluding hydrogens is 334 g/mol. The van der Waals surface area contributed by atoms with Gasteiger partial charge in [-0.05, 0) is 18.6 Å². The normalized spacial score (nSPS) is 16.1. The van der Waals surface area contributed by atoms with Crippen LogP contribution in [-0.2, 0) is 4.79 Å². The largest absolute Gasteiger partial charge is 0.347 e. The van der Waals surface area contributed by atoms with Gasteiger partial charge in [-0.3, -0.25) is 9.69 Å². The van der Waals surface area contributed by atoms with Crippen molar-refractivity contribution >= 4 is 39.7 Å². The predicted molar refractivity (Wildman–Crippen MR) is 93.3 cm³/mol. The molecule has 0 saturated carbocycles. The number of hydrogen-bond acceptors (Lipinski definition) is 6. The minimum Gasteiger partial charge on any atom is -0.347 e. The van der Waals surface area contributed by atoms with Gasteiger partial charge in [0.2, 0.25) is 5.91 Å². The molecule has 3 rings (SSSR count). The number of halogens is 1. The van der Waals surface area contributed by atoms with Crippen LogP contribution in [0.2, 0.25) is 5.15 Å². The molecule has 0 aromatic carbocycles. The van der Waals surface area contributed by atoms with E-state index in [1.54, 1.807) is 29.7 Å². The van der Waals surface area contributed by atoms with Gasteiger partial charge in [-0.2, -0.15) is 0 Å². The van der Waals surface area contributed by atoms with Gasteiger partial charge in [0.05, 0.1) is 12.2 Å². The maximum Gasteiger partial charge on any atom is 0.238 e. The van der Waals surface area contributed by atoms with Gasteiger partial charge in [-0.1, -0.05) is 11.6 Å². The highest BCUT2D eigenvalue weighted by molar-refractivity contribution is 7.13. The summed E-state index contributed by atoms with van der Waals surface area (Å²) in [5, 5.41) is 6.17. The predicted octanol–water partition coefficient (Wildman–Crippen LogP) is 2.34. The molecule has 1 fully saturated rings. The number of amides is 1. The Morgan fingerprint density at radius 1 is 1.26 bits per heavy atom. The fourth-order valence-electron chi connectivity index (χ4n) is 2.56. The van der Waals surface area contributed by atoms with Crippen LogP contribution < -0.4 is 10.2 Å². The smallest absolute Gasteiger partial charge is 0.238 e. The van der Waals surface area contributed by atoms with Gasteiger partial charge in [0.1, 0.15) is 0 Å². The van der Waals surface area contributed by atoms with Crippen LogP contribution in [0.5, 0.6) is 0 Å². The zero-order valence-corrected chi connectivity index (χ0v) is 14.2. The number of nitrogens with zero attached hydrogens (tertiary/aromatic N) is 4. The van der Waals surface area contributed by atoms with Crippen molar-refractivity contribution in [3.63, 3.8) is 0 Å². The highest BCUT2D eigenvalue weighted by Gasteiger charge is 2.18. The van der Waals surface area contributed by atoms with Crippen molar-refractivity contribution < 1.29 is 4.79 Å². The van der Waals surface area contributed by atoms with Crippen molar-refractivity contribution in [1.29, 1.82) is 0 Å². The number of anilines is 2. The summed E-state index contributed by atoms with van der Waals surface area (Å²) in [7, 11) is 0. The topological polar surface area (TPSA) is 61.4 Å². The third-order valence-corrected chi connectivity index (χ3v) is 4.81. The van der Waals surface area contributed by atoms with E-state index in [2.05, 4.69) is 25.1 Å². The average molecular weight is 352 g/mol. The first kappa shape index (κ1) is 16.2. The molecular formula is C15H18ClN5OS. The molecule has 8 heteroatoms. The second-order valence-electron chi connectivity index (χ2n) is 5.32. The molecule has 2 aromatic heterocycles. The fraction of sp³-hybridized carbons (Fsp3) is 0.400. The monoisotopic (exact) mass is 351 g/mol. The first-order valence-corrected chi connectivity index (χ1v) is 8.75. The summed E-state index contributed by atoms with van der Waals surface area (Å²) in [6.45, 7) is 3.95. The summed E-state index contributed by atoms with van der Waals surface area (Å²) < 4.78 is 0. The lowest BCUT2D eigenvalue weighted by molar-refractivity contribution is -0.117. The summed E-state index contributed by atoms with van der Waals surface area (Å²) in [6, 6.07) is 3.50. The lowest BCUT2D eigenvalue weighted by atomic mass is 10.3. The third kappa shape index (κ3) is 4.40. The van der Waals surface area contributed by atoms with Gasteiger partial charge in [-0.25, -0.2) is 9.97 Å². The van der Waals surface area contributed by atoms with Crippen LogP contribution in [0.1, 0.15) is 6.42 Å². The number of aromatic nitrogens is 2. The summed E-state index contributed by atoms with van der Waals surface area (Å²) in [6.07, 6.45) is 4.44. The first-order chi connectivity index (χ1) is 11.2. The first-order valence-electron chi connectivity index (χ1n) is 7.49. The van der Waals surface area contributed by atoms with E-state index < -0.39 is 0 Å². The maximum absolute atomic E-state index is 12.2. The van der Waals surface area contributed by atoms with Gasteiger partial charge in [-0.15, -0.1) is 11.3 Å². The van der Waals surface area contributed by atoms with E-state index >= 15 is 0 Å². The molecule has 0 aliphatic carbocycles. The molecule has 1 aliphatic rings. The summed E-state index contributed by atoms with van der Waals surface area (Å²) >= 11 is 7.61. The van der Waals surface area contributed by atoms with Crippen LogP contribution in [0.4, 0.5) is 10.8 Å². The van der Waals surface area contributed by atoms with Crippen LogP contribution in [0.3, 0.4) is 0 Å². The van der Waals surface area contributed by atoms with Crippen molar-refractivity contribution in [2.75, 3.05) is 42.9 Å². The van der Waals surface area contributed by atoms with Gasteiger partial charge in [0.15, 0.2) is 10.3 Å². The molecule has 1 saturated heterocycles. The number of pyridine rings is 1. The molecule has 6 nitrogen and oxygen atoms in total. The van der Waals surface area contributed by atoms with Crippen LogP contribution in [0.15, 0.2) is 29.9 Å². The molecule has 122 valence electrons. The molecule has 1 N–H and O–H groups in total. The van der Waals surface area contributed by atoms with Gasteiger partial charge in [0, 0.05) is 44.0 Å². The van der Waals surface area contributed by atoms with E-state index in [4.69, 9.17) is 11.6 Å². The van der Waals surface area contributed by atoms with Crippen molar-refractivity contribution in [3.05, 3.63) is 35.1 Å². The van der Waals surface area contributed by atoms with Crippen molar-refractivity contribution in [2.24, 2.45) is 0 Å². The zero-order chi connectivity index (χ0) is 16.1. The molecule has 3 heterocycles. The average Bonchev–Trinajstić information content (AvgIpc) is 2.97. The van der Waals surface area contributed by atoms with Gasteiger partial charge < -0.3 is 10.2 Å². The quantitative estimate of drug-likeness (QED) is 0.857. The molecule has 0 atom stereocenters. The number of carbonyl (C=O) groups is 1. The minimum absolute atomic E-state index is 0.0670. The van der Waals surface area contributed by atoms with E-state index in [9.17, 15) is 4.79 Å². The second-order valence-corrected chi connectivity index (χ2v) is 6.55. The molecule has 0 unspecified atom stereocenters. The van der Waals surface area contributed by atoms with Crippen LogP contribution in [-0.4, -0.2) is 53.5 Å². The van der Waals surface area contributed by atoms with Gasteiger partial charge in [0.25, 0.3) is 0 Å². The lowest BCUT2D eigenvalue weighted by Gasteiger charge is -2.21. The third-order valence-electron chi connectivity index (χ3n) is 3.68. The number of carbonyl (C=O) groups excluding carboxylic acids is 1. The lowest BCUT2D eigenvalue weighted by Crippen LogP contribution is -2.36. The standard InChI is InChI=1S/C15H18ClN5OS/c16-14-12(3-1-4-17-14)19-13(22)11-20-6-2-7-21(9-8-20)15-18-5-10-23-15/h1,3-5,10H,2,6-9,11H2,(H,19,22). The zero-order valence-electron chi connectivity index (χ0n) is 12.6. The van der Waals surface area contributed by atoms with Crippen molar-refractivity contribution in [2.45, 2.75) is 6.42 Å². The molecule has 0 bridgehead atoms. The van der Waals surface area contributed by atoms with E-state index in [0.29, 0.717) is 17.4 Å². The highest BCUT2D eigenvalue weighted by Crippen LogP contribution is 2.19. The molecule has 0 spiro atoms. The van der Waals surface area contributed by atoms with Crippen molar-refractivity contribution in [1.82, 2.24) is 14.9 Å². The highest BCUT2D eigenvalue weighted by atomic mass is 35.5. The number of rotatable bonds is 4. The van der Waals surface area contributed by atoms with E-state index in [0.717, 1.165) is 37.7 Å². The fourth-order valence-corrected chi connectivity index (χ4v) is 3.43. The summed E-state index contributed by atoms with van der Waals surface area (Å²) in [5.41, 5.74) is 0.554. The van der Waals surface area contributed by atoms with Crippen LogP contribution in [0, 0.1) is 0 Å². The number of nitrogens with one attached hydrogen (secondary N) is 1. The summed E-state index contributed by atoms with van der Waals surface area (Å²) in [5.74, 6) is -0.0670. The Labute approximate surface area is 144 Å². The van der Waals surface area contributed by atoms with Gasteiger partial charge >= 0.3 is 0 Å². The Hall–Kier alpha value is -1.70. The molecule has 1 amide bonds. The molecule has 23 heavy (non-hydrogen) atoms. The van der Waals surface area contributed by atoms with E-state index in [1.165, 1.54) is 0 Å². The summed E-state index contributed by atoms with van der Waals surface area (Å²) in [4.78, 5) is 24.9.